The van der Waals surface area contributed by atoms with Crippen LogP contribution in [0.4, 0.5) is 5.82 Å². The summed E-state index contributed by atoms with van der Waals surface area (Å²) in [7, 11) is 0. The minimum atomic E-state index is -0.00178. The number of carbonyl (C=O) groups is 1. The molecule has 0 saturated carbocycles. The average molecular weight is 416 g/mol. The van der Waals surface area contributed by atoms with E-state index >= 15 is 0 Å². The van der Waals surface area contributed by atoms with Gasteiger partial charge in [-0.15, -0.1) is 11.3 Å². The van der Waals surface area contributed by atoms with Crippen LogP contribution in [0.25, 0.3) is 10.6 Å². The van der Waals surface area contributed by atoms with E-state index in [4.69, 9.17) is 0 Å². The summed E-state index contributed by atoms with van der Waals surface area (Å²) in [5.41, 5.74) is 3.09. The molecule has 0 aliphatic carbocycles. The van der Waals surface area contributed by atoms with E-state index in [1.165, 1.54) is 5.56 Å². The Bertz CT molecular complexity index is 859. The fourth-order valence-electron chi connectivity index (χ4n) is 2.46. The van der Waals surface area contributed by atoms with E-state index in [-0.39, 0.29) is 12.3 Å². The van der Waals surface area contributed by atoms with E-state index in [2.05, 4.69) is 57.1 Å². The fraction of sp³-hybridized carbons (Fsp3) is 0.211. The maximum atomic E-state index is 12.7. The number of thiazole rings is 1. The normalized spacial score (nSPS) is 10.7. The first-order chi connectivity index (χ1) is 12.1. The summed E-state index contributed by atoms with van der Waals surface area (Å²) in [5, 5.41) is 2.89. The Morgan fingerprint density at radius 2 is 1.96 bits per heavy atom. The molecule has 2 heterocycles. The van der Waals surface area contributed by atoms with E-state index in [0.29, 0.717) is 12.4 Å². The second-order valence-corrected chi connectivity index (χ2v) is 7.43. The standard InChI is InChI=1S/C19H18BrN3OS/c1-3-23(17-9-8-15(20)11-21-17)18(24)10-16-12-25-19(22-16)14-6-4-13(2)5-7-14/h4-9,11-12H,3,10H2,1-2H3. The molecular weight excluding hydrogens is 398 g/mol. The molecule has 0 atom stereocenters. The predicted molar refractivity (Wildman–Crippen MR) is 106 cm³/mol. The van der Waals surface area contributed by atoms with E-state index in [1.54, 1.807) is 22.4 Å². The van der Waals surface area contributed by atoms with Gasteiger partial charge < -0.3 is 0 Å². The minimum absolute atomic E-state index is 0.00178. The lowest BCUT2D eigenvalue weighted by Crippen LogP contribution is -2.32. The van der Waals surface area contributed by atoms with Crippen molar-refractivity contribution in [3.05, 3.63) is 63.7 Å². The third-order valence-corrected chi connectivity index (χ3v) is 5.20. The van der Waals surface area contributed by atoms with Gasteiger partial charge >= 0.3 is 0 Å². The van der Waals surface area contributed by atoms with Crippen molar-refractivity contribution < 1.29 is 4.79 Å². The highest BCUT2D eigenvalue weighted by atomic mass is 79.9. The molecule has 25 heavy (non-hydrogen) atoms. The summed E-state index contributed by atoms with van der Waals surface area (Å²) in [4.78, 5) is 23.3. The molecule has 0 saturated heterocycles. The molecule has 0 fully saturated rings. The predicted octanol–water partition coefficient (Wildman–Crippen LogP) is 4.87. The topological polar surface area (TPSA) is 46.1 Å². The van der Waals surface area contributed by atoms with Crippen LogP contribution in [0, 0.1) is 6.92 Å². The Morgan fingerprint density at radius 1 is 1.20 bits per heavy atom. The Balaban J connectivity index is 1.74. The Labute approximate surface area is 159 Å². The van der Waals surface area contributed by atoms with E-state index in [9.17, 15) is 4.79 Å². The zero-order valence-electron chi connectivity index (χ0n) is 14.1. The van der Waals surface area contributed by atoms with Crippen LogP contribution in [-0.4, -0.2) is 22.4 Å². The number of halogens is 1. The molecule has 128 valence electrons. The third-order valence-electron chi connectivity index (χ3n) is 3.79. The maximum absolute atomic E-state index is 12.7. The lowest BCUT2D eigenvalue weighted by atomic mass is 10.2. The van der Waals surface area contributed by atoms with Crippen molar-refractivity contribution in [2.75, 3.05) is 11.4 Å². The minimum Gasteiger partial charge on any atom is -0.297 e. The van der Waals surface area contributed by atoms with Gasteiger partial charge in [0.2, 0.25) is 5.91 Å². The van der Waals surface area contributed by atoms with Crippen molar-refractivity contribution in [3.8, 4) is 10.6 Å². The van der Waals surface area contributed by atoms with Gasteiger partial charge in [-0.1, -0.05) is 29.8 Å². The van der Waals surface area contributed by atoms with Crippen LogP contribution in [0.5, 0.6) is 0 Å². The summed E-state index contributed by atoms with van der Waals surface area (Å²) in [6, 6.07) is 12.0. The molecule has 2 aromatic heterocycles. The largest absolute Gasteiger partial charge is 0.297 e. The summed E-state index contributed by atoms with van der Waals surface area (Å²) in [6.07, 6.45) is 1.97. The Morgan fingerprint density at radius 3 is 2.60 bits per heavy atom. The van der Waals surface area contributed by atoms with Crippen LogP contribution in [0.15, 0.2) is 52.4 Å². The molecule has 0 aliphatic rings. The van der Waals surface area contributed by atoms with Crippen LogP contribution >= 0.6 is 27.3 Å². The van der Waals surface area contributed by atoms with Gasteiger partial charge in [-0.3, -0.25) is 9.69 Å². The van der Waals surface area contributed by atoms with Gasteiger partial charge in [0.05, 0.1) is 12.1 Å². The highest BCUT2D eigenvalue weighted by molar-refractivity contribution is 9.10. The van der Waals surface area contributed by atoms with Gasteiger partial charge in [0, 0.05) is 28.2 Å². The molecule has 0 radical (unpaired) electrons. The molecule has 6 heteroatoms. The highest BCUT2D eigenvalue weighted by Crippen LogP contribution is 2.25. The molecule has 4 nitrogen and oxygen atoms in total. The second kappa shape index (κ2) is 7.89. The van der Waals surface area contributed by atoms with Gasteiger partial charge in [0.15, 0.2) is 0 Å². The van der Waals surface area contributed by atoms with Crippen LogP contribution in [-0.2, 0) is 11.2 Å². The molecule has 3 aromatic rings. The molecule has 3 rings (SSSR count). The maximum Gasteiger partial charge on any atom is 0.234 e. The molecule has 0 unspecified atom stereocenters. The number of benzene rings is 1. The quantitative estimate of drug-likeness (QED) is 0.596. The second-order valence-electron chi connectivity index (χ2n) is 5.66. The number of likely N-dealkylation sites (N-methyl/N-ethyl adjacent to an activating group) is 1. The zero-order chi connectivity index (χ0) is 17.8. The lowest BCUT2D eigenvalue weighted by Gasteiger charge is -2.19. The molecular formula is C19H18BrN3OS. The van der Waals surface area contributed by atoms with Crippen molar-refractivity contribution in [3.63, 3.8) is 0 Å². The first-order valence-corrected chi connectivity index (χ1v) is 9.67. The Kier molecular flexibility index (Phi) is 5.60. The number of aryl methyl sites for hydroxylation is 1. The smallest absolute Gasteiger partial charge is 0.234 e. The average Bonchev–Trinajstić information content (AvgIpc) is 3.06. The number of aromatic nitrogens is 2. The molecule has 1 aromatic carbocycles. The fourth-order valence-corrected chi connectivity index (χ4v) is 3.52. The number of nitrogens with zero attached hydrogens (tertiary/aromatic N) is 3. The van der Waals surface area contributed by atoms with E-state index < -0.39 is 0 Å². The van der Waals surface area contributed by atoms with Crippen LogP contribution in [0.1, 0.15) is 18.2 Å². The Hall–Kier alpha value is -2.05. The van der Waals surface area contributed by atoms with Crippen LogP contribution < -0.4 is 4.90 Å². The van der Waals surface area contributed by atoms with Gasteiger partial charge in [-0.05, 0) is 41.9 Å². The van der Waals surface area contributed by atoms with Crippen molar-refractivity contribution >= 4 is 39.0 Å². The molecule has 0 spiro atoms. The van der Waals surface area contributed by atoms with Crippen LogP contribution in [0.3, 0.4) is 0 Å². The summed E-state index contributed by atoms with van der Waals surface area (Å²) >= 11 is 4.93. The summed E-state index contributed by atoms with van der Waals surface area (Å²) in [6.45, 7) is 4.58. The number of pyridine rings is 1. The number of hydrogen-bond donors (Lipinski definition) is 0. The van der Waals surface area contributed by atoms with E-state index in [0.717, 1.165) is 20.7 Å². The molecule has 0 bridgehead atoms. The number of anilines is 1. The SMILES string of the molecule is CCN(C(=O)Cc1csc(-c2ccc(C)cc2)n1)c1ccc(Br)cn1. The van der Waals surface area contributed by atoms with Crippen molar-refractivity contribution in [2.45, 2.75) is 20.3 Å². The lowest BCUT2D eigenvalue weighted by molar-refractivity contribution is -0.118. The molecule has 0 N–H and O–H groups in total. The third kappa shape index (κ3) is 4.32. The molecule has 1 amide bonds. The number of amides is 1. The van der Waals surface area contributed by atoms with Gasteiger partial charge in [0.1, 0.15) is 10.8 Å². The summed E-state index contributed by atoms with van der Waals surface area (Å²) in [5.74, 6) is 0.655. The highest BCUT2D eigenvalue weighted by Gasteiger charge is 2.17. The molecule has 0 aliphatic heterocycles. The van der Waals surface area contributed by atoms with Crippen molar-refractivity contribution in [1.29, 1.82) is 0 Å². The monoisotopic (exact) mass is 415 g/mol. The number of hydrogen-bond acceptors (Lipinski definition) is 4. The number of rotatable bonds is 5. The van der Waals surface area contributed by atoms with Gasteiger partial charge in [-0.2, -0.15) is 0 Å². The first-order valence-electron chi connectivity index (χ1n) is 8.00. The van der Waals surface area contributed by atoms with Crippen molar-refractivity contribution in [1.82, 2.24) is 9.97 Å². The van der Waals surface area contributed by atoms with Gasteiger partial charge in [-0.25, -0.2) is 9.97 Å². The first kappa shape index (κ1) is 17.8. The van der Waals surface area contributed by atoms with Crippen LogP contribution in [0.2, 0.25) is 0 Å². The van der Waals surface area contributed by atoms with Gasteiger partial charge in [0.25, 0.3) is 0 Å². The van der Waals surface area contributed by atoms with Crippen molar-refractivity contribution in [2.24, 2.45) is 0 Å². The number of carbonyl (C=O) groups excluding carboxylic acids is 1. The summed E-state index contributed by atoms with van der Waals surface area (Å²) < 4.78 is 0.891. The van der Waals surface area contributed by atoms with E-state index in [1.807, 2.05) is 24.4 Å². The zero-order valence-corrected chi connectivity index (χ0v) is 16.5.